The first-order valence-corrected chi connectivity index (χ1v) is 6.96. The monoisotopic (exact) mass is 280 g/mol. The van der Waals surface area contributed by atoms with Gasteiger partial charge in [0.1, 0.15) is 6.33 Å². The summed E-state index contributed by atoms with van der Waals surface area (Å²) in [4.78, 5) is 18.2. The summed E-state index contributed by atoms with van der Waals surface area (Å²) in [5, 5.41) is 14.2. The van der Waals surface area contributed by atoms with Crippen LogP contribution in [0.4, 0.5) is 11.5 Å². The molecule has 6 nitrogen and oxygen atoms in total. The first-order chi connectivity index (χ1) is 9.16. The van der Waals surface area contributed by atoms with Crippen molar-refractivity contribution in [3.8, 4) is 0 Å². The fourth-order valence-electron chi connectivity index (χ4n) is 4.30. The van der Waals surface area contributed by atoms with E-state index in [-0.39, 0.29) is 16.7 Å². The third-order valence-corrected chi connectivity index (χ3v) is 5.28. The van der Waals surface area contributed by atoms with Crippen molar-refractivity contribution in [1.82, 2.24) is 9.97 Å². The number of anilines is 1. The van der Waals surface area contributed by atoms with Gasteiger partial charge in [0.05, 0.1) is 4.92 Å². The number of nitro groups is 1. The molecular formula is C12H13ClN4O2. The number of fused-ring (bicyclic) bond motifs is 5. The maximum absolute atomic E-state index is 11.0. The third kappa shape index (κ3) is 1.55. The molecule has 4 unspecified atom stereocenters. The van der Waals surface area contributed by atoms with Crippen LogP contribution in [-0.2, 0) is 0 Å². The van der Waals surface area contributed by atoms with Gasteiger partial charge in [0.25, 0.3) is 0 Å². The van der Waals surface area contributed by atoms with Gasteiger partial charge < -0.3 is 5.32 Å². The summed E-state index contributed by atoms with van der Waals surface area (Å²) in [5.41, 5.74) is -0.207. The molecule has 1 aromatic rings. The average Bonchev–Trinajstić information content (AvgIpc) is 2.78. The summed E-state index contributed by atoms with van der Waals surface area (Å²) < 4.78 is 0. The van der Waals surface area contributed by atoms with Crippen LogP contribution in [0.3, 0.4) is 0 Å². The van der Waals surface area contributed by atoms with Crippen LogP contribution in [-0.4, -0.2) is 20.9 Å². The van der Waals surface area contributed by atoms with Crippen LogP contribution >= 0.6 is 11.6 Å². The van der Waals surface area contributed by atoms with Crippen LogP contribution in [0, 0.1) is 33.8 Å². The molecule has 4 rings (SSSR count). The number of rotatable bonds is 3. The summed E-state index contributed by atoms with van der Waals surface area (Å²) >= 11 is 5.79. The smallest absolute Gasteiger partial charge is 0.348 e. The van der Waals surface area contributed by atoms with E-state index >= 15 is 0 Å². The van der Waals surface area contributed by atoms with E-state index in [2.05, 4.69) is 15.3 Å². The van der Waals surface area contributed by atoms with Crippen LogP contribution in [0.15, 0.2) is 6.33 Å². The highest BCUT2D eigenvalue weighted by atomic mass is 35.5. The highest BCUT2D eigenvalue weighted by Crippen LogP contribution is 2.66. The quantitative estimate of drug-likeness (QED) is 0.523. The van der Waals surface area contributed by atoms with Gasteiger partial charge in [0, 0.05) is 6.04 Å². The molecule has 3 aliphatic rings. The lowest BCUT2D eigenvalue weighted by Gasteiger charge is -2.11. The minimum atomic E-state index is -0.516. The molecule has 0 saturated heterocycles. The minimum Gasteiger partial charge on any atom is -0.361 e. The summed E-state index contributed by atoms with van der Waals surface area (Å²) in [7, 11) is 0. The van der Waals surface area contributed by atoms with Crippen molar-refractivity contribution < 1.29 is 4.92 Å². The lowest BCUT2D eigenvalue weighted by molar-refractivity contribution is -0.384. The average molecular weight is 281 g/mol. The second kappa shape index (κ2) is 3.79. The lowest BCUT2D eigenvalue weighted by atomic mass is 10.0. The van der Waals surface area contributed by atoms with E-state index in [0.29, 0.717) is 17.9 Å². The second-order valence-electron chi connectivity index (χ2n) is 5.78. The Morgan fingerprint density at radius 1 is 1.32 bits per heavy atom. The van der Waals surface area contributed by atoms with E-state index in [9.17, 15) is 10.1 Å². The van der Waals surface area contributed by atoms with Gasteiger partial charge in [0.2, 0.25) is 11.0 Å². The van der Waals surface area contributed by atoms with Gasteiger partial charge in [-0.15, -0.1) is 0 Å². The van der Waals surface area contributed by atoms with Crippen molar-refractivity contribution in [2.45, 2.75) is 25.3 Å². The van der Waals surface area contributed by atoms with Crippen LogP contribution in [0.5, 0.6) is 0 Å². The summed E-state index contributed by atoms with van der Waals surface area (Å²) in [6.45, 7) is 0. The van der Waals surface area contributed by atoms with Crippen molar-refractivity contribution in [3.63, 3.8) is 0 Å². The van der Waals surface area contributed by atoms with Crippen LogP contribution in [0.2, 0.25) is 5.15 Å². The molecule has 4 atom stereocenters. The molecule has 0 aliphatic heterocycles. The second-order valence-corrected chi connectivity index (χ2v) is 6.13. The van der Waals surface area contributed by atoms with Gasteiger partial charge in [0.15, 0.2) is 0 Å². The molecular weight excluding hydrogens is 268 g/mol. The zero-order valence-electron chi connectivity index (χ0n) is 10.1. The number of hydrogen-bond acceptors (Lipinski definition) is 5. The molecule has 1 heterocycles. The van der Waals surface area contributed by atoms with Crippen molar-refractivity contribution >= 4 is 23.1 Å². The maximum Gasteiger partial charge on any atom is 0.348 e. The van der Waals surface area contributed by atoms with Crippen LogP contribution < -0.4 is 5.32 Å². The van der Waals surface area contributed by atoms with Gasteiger partial charge in [-0.2, -0.15) is 0 Å². The molecule has 3 saturated carbocycles. The molecule has 1 N–H and O–H groups in total. The molecule has 0 aromatic carbocycles. The van der Waals surface area contributed by atoms with Gasteiger partial charge in [-0.25, -0.2) is 9.97 Å². The first-order valence-electron chi connectivity index (χ1n) is 6.58. The molecule has 0 radical (unpaired) electrons. The van der Waals surface area contributed by atoms with E-state index in [1.807, 2.05) is 0 Å². The molecule has 0 amide bonds. The van der Waals surface area contributed by atoms with Crippen LogP contribution in [0.1, 0.15) is 19.3 Å². The number of halogens is 1. The molecule has 19 heavy (non-hydrogen) atoms. The highest BCUT2D eigenvalue weighted by Gasteiger charge is 2.65. The molecule has 3 aliphatic carbocycles. The number of aromatic nitrogens is 2. The molecule has 2 bridgehead atoms. The number of hydrogen-bond donors (Lipinski definition) is 1. The molecule has 100 valence electrons. The Labute approximate surface area is 114 Å². The summed E-state index contributed by atoms with van der Waals surface area (Å²) in [5.74, 6) is 3.26. The molecule has 0 spiro atoms. The predicted octanol–water partition coefficient (Wildman–Crippen LogP) is 2.49. The Hall–Kier alpha value is -1.43. The van der Waals surface area contributed by atoms with Crippen molar-refractivity contribution in [1.29, 1.82) is 0 Å². The highest BCUT2D eigenvalue weighted by molar-refractivity contribution is 6.31. The summed E-state index contributed by atoms with van der Waals surface area (Å²) in [6.07, 6.45) is 5.25. The Kier molecular flexibility index (Phi) is 2.27. The molecule has 3 fully saturated rings. The number of nitrogens with one attached hydrogen (secondary N) is 1. The van der Waals surface area contributed by atoms with E-state index < -0.39 is 4.92 Å². The fourth-order valence-corrected chi connectivity index (χ4v) is 4.50. The normalized spacial score (nSPS) is 38.1. The van der Waals surface area contributed by atoms with Gasteiger partial charge in [-0.05, 0) is 42.9 Å². The zero-order valence-corrected chi connectivity index (χ0v) is 10.9. The minimum absolute atomic E-state index is 0.101. The molecule has 7 heteroatoms. The number of nitrogens with zero attached hydrogens (tertiary/aromatic N) is 3. The third-order valence-electron chi connectivity index (χ3n) is 5.00. The first kappa shape index (κ1) is 11.4. The largest absolute Gasteiger partial charge is 0.361 e. The summed E-state index contributed by atoms with van der Waals surface area (Å²) in [6, 6.07) is 0.343. The van der Waals surface area contributed by atoms with Gasteiger partial charge >= 0.3 is 5.69 Å². The van der Waals surface area contributed by atoms with Gasteiger partial charge in [-0.1, -0.05) is 11.6 Å². The standard InChI is InChI=1S/C12H13ClN4O2/c13-11-10(17(18)19)12(15-4-14-11)16-9-7-5-1-2-6(3-5)8(7)9/h4-9H,1-3H2,(H,14,15,16). The van der Waals surface area contributed by atoms with Crippen LogP contribution in [0.25, 0.3) is 0 Å². The van der Waals surface area contributed by atoms with Crippen molar-refractivity contribution in [2.75, 3.05) is 5.32 Å². The maximum atomic E-state index is 11.0. The fraction of sp³-hybridized carbons (Fsp3) is 0.667. The zero-order chi connectivity index (χ0) is 13.1. The van der Waals surface area contributed by atoms with Gasteiger partial charge in [-0.3, -0.25) is 10.1 Å². The Balaban J connectivity index is 1.59. The SMILES string of the molecule is O=[N+]([O-])c1c(Cl)ncnc1NC1C2C3CCC(C3)C12. The van der Waals surface area contributed by atoms with E-state index in [1.165, 1.54) is 25.6 Å². The predicted molar refractivity (Wildman–Crippen MR) is 68.9 cm³/mol. The lowest BCUT2D eigenvalue weighted by Crippen LogP contribution is -2.15. The van der Waals surface area contributed by atoms with E-state index in [0.717, 1.165) is 11.8 Å². The topological polar surface area (TPSA) is 81.0 Å². The Morgan fingerprint density at radius 2 is 2.00 bits per heavy atom. The molecule has 1 aromatic heterocycles. The van der Waals surface area contributed by atoms with E-state index in [1.54, 1.807) is 0 Å². The Morgan fingerprint density at radius 3 is 2.63 bits per heavy atom. The van der Waals surface area contributed by atoms with Crippen molar-refractivity contribution in [3.05, 3.63) is 21.6 Å². The van der Waals surface area contributed by atoms with Crippen molar-refractivity contribution in [2.24, 2.45) is 23.7 Å². The van der Waals surface area contributed by atoms with E-state index in [4.69, 9.17) is 11.6 Å². The Bertz CT molecular complexity index is 551.